The highest BCUT2D eigenvalue weighted by Crippen LogP contribution is 2.28. The van der Waals surface area contributed by atoms with Gasteiger partial charge in [0.25, 0.3) is 5.91 Å². The van der Waals surface area contributed by atoms with Crippen LogP contribution in [0.25, 0.3) is 0 Å². The lowest BCUT2D eigenvalue weighted by molar-refractivity contribution is -0.122. The fraction of sp³-hybridized carbons (Fsp3) is 0.136. The van der Waals surface area contributed by atoms with Crippen molar-refractivity contribution in [3.8, 4) is 0 Å². The van der Waals surface area contributed by atoms with Gasteiger partial charge in [-0.15, -0.1) is 11.3 Å². The van der Waals surface area contributed by atoms with Crippen molar-refractivity contribution < 1.29 is 14.4 Å². The molecule has 30 heavy (non-hydrogen) atoms. The van der Waals surface area contributed by atoms with E-state index < -0.39 is 18.0 Å². The first kappa shape index (κ1) is 20.1. The summed E-state index contributed by atoms with van der Waals surface area (Å²) < 4.78 is 0. The van der Waals surface area contributed by atoms with E-state index in [1.807, 2.05) is 35.7 Å². The van der Waals surface area contributed by atoms with Crippen molar-refractivity contribution in [1.29, 1.82) is 0 Å². The van der Waals surface area contributed by atoms with Crippen LogP contribution < -0.4 is 10.2 Å². The summed E-state index contributed by atoms with van der Waals surface area (Å²) in [6, 6.07) is 17.9. The van der Waals surface area contributed by atoms with Gasteiger partial charge in [-0.2, -0.15) is 0 Å². The second-order valence-corrected chi connectivity index (χ2v) is 8.24. The largest absolute Gasteiger partial charge is 0.322 e. The lowest BCUT2D eigenvalue weighted by Gasteiger charge is -2.27. The second-order valence-electron chi connectivity index (χ2n) is 6.77. The van der Waals surface area contributed by atoms with Gasteiger partial charge in [-0.1, -0.05) is 35.9 Å². The SMILES string of the molecule is O=C1C[C@@H](N(Cc2cccs2)C(=O)Nc2ccccc2)C(=O)N1c1ccc(Cl)cc1. The number of hydrogen-bond acceptors (Lipinski definition) is 4. The maximum Gasteiger partial charge on any atom is 0.322 e. The molecule has 0 radical (unpaired) electrons. The van der Waals surface area contributed by atoms with Crippen LogP contribution in [-0.4, -0.2) is 28.8 Å². The number of imide groups is 1. The Kier molecular flexibility index (Phi) is 5.83. The molecule has 1 aromatic heterocycles. The van der Waals surface area contributed by atoms with Crippen LogP contribution in [0.3, 0.4) is 0 Å². The molecular formula is C22H18ClN3O3S. The predicted octanol–water partition coefficient (Wildman–Crippen LogP) is 4.77. The fourth-order valence-electron chi connectivity index (χ4n) is 3.33. The van der Waals surface area contributed by atoms with Crippen LogP contribution in [-0.2, 0) is 16.1 Å². The molecule has 8 heteroatoms. The van der Waals surface area contributed by atoms with Crippen molar-refractivity contribution >= 4 is 52.2 Å². The van der Waals surface area contributed by atoms with Gasteiger partial charge in [-0.25, -0.2) is 9.69 Å². The third-order valence-corrected chi connectivity index (χ3v) is 5.89. The molecule has 0 spiro atoms. The monoisotopic (exact) mass is 439 g/mol. The van der Waals surface area contributed by atoms with Gasteiger partial charge < -0.3 is 10.2 Å². The van der Waals surface area contributed by atoms with E-state index in [2.05, 4.69) is 5.32 Å². The van der Waals surface area contributed by atoms with Crippen LogP contribution in [0.2, 0.25) is 5.02 Å². The number of nitrogens with zero attached hydrogens (tertiary/aromatic N) is 2. The van der Waals surface area contributed by atoms with Gasteiger partial charge in [0, 0.05) is 15.6 Å². The highest BCUT2D eigenvalue weighted by Gasteiger charge is 2.44. The first-order chi connectivity index (χ1) is 14.5. The molecule has 2 aromatic carbocycles. The minimum Gasteiger partial charge on any atom is -0.308 e. The summed E-state index contributed by atoms with van der Waals surface area (Å²) in [5.74, 6) is -0.780. The molecule has 1 N–H and O–H groups in total. The molecule has 4 amide bonds. The number of carbonyl (C=O) groups excluding carboxylic acids is 3. The van der Waals surface area contributed by atoms with Crippen LogP contribution in [0.4, 0.5) is 16.2 Å². The molecule has 3 aromatic rings. The molecule has 1 atom stereocenters. The number of benzene rings is 2. The number of amides is 4. The van der Waals surface area contributed by atoms with Crippen molar-refractivity contribution in [3.05, 3.63) is 82.0 Å². The predicted molar refractivity (Wildman–Crippen MR) is 118 cm³/mol. The van der Waals surface area contributed by atoms with E-state index in [9.17, 15) is 14.4 Å². The molecule has 152 valence electrons. The second kappa shape index (κ2) is 8.69. The van der Waals surface area contributed by atoms with Crippen LogP contribution >= 0.6 is 22.9 Å². The topological polar surface area (TPSA) is 69.7 Å². The Balaban J connectivity index is 1.61. The molecule has 2 heterocycles. The third-order valence-electron chi connectivity index (χ3n) is 4.78. The summed E-state index contributed by atoms with van der Waals surface area (Å²) in [6.45, 7) is 0.231. The van der Waals surface area contributed by atoms with Gasteiger partial charge in [0.1, 0.15) is 6.04 Å². The van der Waals surface area contributed by atoms with Crippen molar-refractivity contribution in [2.24, 2.45) is 0 Å². The molecule has 4 rings (SSSR count). The van der Waals surface area contributed by atoms with E-state index >= 15 is 0 Å². The van der Waals surface area contributed by atoms with Crippen molar-refractivity contribution in [1.82, 2.24) is 4.90 Å². The Morgan fingerprint density at radius 3 is 2.47 bits per heavy atom. The van der Waals surface area contributed by atoms with Crippen LogP contribution in [0.5, 0.6) is 0 Å². The number of urea groups is 1. The first-order valence-electron chi connectivity index (χ1n) is 9.30. The Labute approximate surface area is 182 Å². The Morgan fingerprint density at radius 1 is 1.07 bits per heavy atom. The zero-order valence-corrected chi connectivity index (χ0v) is 17.4. The van der Waals surface area contributed by atoms with E-state index in [0.717, 1.165) is 9.78 Å². The van der Waals surface area contributed by atoms with Crippen LogP contribution in [0.15, 0.2) is 72.1 Å². The van der Waals surface area contributed by atoms with Gasteiger partial charge in [-0.3, -0.25) is 9.59 Å². The summed E-state index contributed by atoms with van der Waals surface area (Å²) in [5, 5.41) is 5.24. The van der Waals surface area contributed by atoms with E-state index in [1.165, 1.54) is 16.2 Å². The number of anilines is 2. The van der Waals surface area contributed by atoms with Crippen molar-refractivity contribution in [3.63, 3.8) is 0 Å². The molecule has 6 nitrogen and oxygen atoms in total. The minimum absolute atomic E-state index is 0.0744. The average molecular weight is 440 g/mol. The molecule has 1 fully saturated rings. The van der Waals surface area contributed by atoms with Gasteiger partial charge in [0.05, 0.1) is 18.7 Å². The Bertz CT molecular complexity index is 1060. The summed E-state index contributed by atoms with van der Waals surface area (Å²) >= 11 is 7.41. The highest BCUT2D eigenvalue weighted by molar-refractivity contribution is 7.09. The van der Waals surface area contributed by atoms with E-state index in [0.29, 0.717) is 16.4 Å². The van der Waals surface area contributed by atoms with E-state index in [4.69, 9.17) is 11.6 Å². The number of rotatable bonds is 5. The first-order valence-corrected chi connectivity index (χ1v) is 10.6. The molecule has 1 saturated heterocycles. The zero-order valence-electron chi connectivity index (χ0n) is 15.8. The Morgan fingerprint density at radius 2 is 1.80 bits per heavy atom. The third kappa shape index (κ3) is 4.22. The number of halogens is 1. The zero-order chi connectivity index (χ0) is 21.1. The maximum absolute atomic E-state index is 13.2. The molecule has 0 aliphatic carbocycles. The van der Waals surface area contributed by atoms with Gasteiger partial charge in [0.2, 0.25) is 5.91 Å². The van der Waals surface area contributed by atoms with Gasteiger partial charge in [0.15, 0.2) is 0 Å². The lowest BCUT2D eigenvalue weighted by Crippen LogP contribution is -2.46. The number of nitrogens with one attached hydrogen (secondary N) is 1. The smallest absolute Gasteiger partial charge is 0.308 e. The van der Waals surface area contributed by atoms with Crippen molar-refractivity contribution in [2.75, 3.05) is 10.2 Å². The summed E-state index contributed by atoms with van der Waals surface area (Å²) in [7, 11) is 0. The minimum atomic E-state index is -0.890. The number of thiophene rings is 1. The van der Waals surface area contributed by atoms with Crippen LogP contribution in [0.1, 0.15) is 11.3 Å². The average Bonchev–Trinajstić information content (AvgIpc) is 3.35. The maximum atomic E-state index is 13.2. The number of hydrogen-bond donors (Lipinski definition) is 1. The van der Waals surface area contributed by atoms with E-state index in [-0.39, 0.29) is 18.9 Å². The molecule has 1 aliphatic rings. The lowest BCUT2D eigenvalue weighted by atomic mass is 10.2. The van der Waals surface area contributed by atoms with Gasteiger partial charge >= 0.3 is 6.03 Å². The van der Waals surface area contributed by atoms with Gasteiger partial charge in [-0.05, 0) is 47.8 Å². The van der Waals surface area contributed by atoms with Crippen LogP contribution in [0, 0.1) is 0 Å². The Hall–Kier alpha value is -3.16. The normalized spacial score (nSPS) is 16.0. The summed E-state index contributed by atoms with van der Waals surface area (Å²) in [4.78, 5) is 42.4. The molecule has 1 aliphatic heterocycles. The molecule has 0 bridgehead atoms. The van der Waals surface area contributed by atoms with Crippen molar-refractivity contribution in [2.45, 2.75) is 19.0 Å². The number of para-hydroxylation sites is 1. The standard InChI is InChI=1S/C22H18ClN3O3S/c23-15-8-10-17(11-9-15)26-20(27)13-19(21(26)28)25(14-18-7-4-12-30-18)22(29)24-16-5-2-1-3-6-16/h1-12,19H,13-14H2,(H,24,29)/t19-/m1/s1. The van der Waals surface area contributed by atoms with E-state index in [1.54, 1.807) is 36.4 Å². The quantitative estimate of drug-likeness (QED) is 0.582. The fourth-order valence-corrected chi connectivity index (χ4v) is 4.16. The molecule has 0 unspecified atom stereocenters. The summed E-state index contributed by atoms with van der Waals surface area (Å²) in [5.41, 5.74) is 1.06. The number of carbonyl (C=O) groups is 3. The highest BCUT2D eigenvalue weighted by atomic mass is 35.5. The molecular weight excluding hydrogens is 422 g/mol. The summed E-state index contributed by atoms with van der Waals surface area (Å²) in [6.07, 6.45) is -0.0744. The molecule has 0 saturated carbocycles.